The largest absolute Gasteiger partial charge is 0.326 e. The Labute approximate surface area is 596 Å². The molecule has 0 radical (unpaired) electrons. The number of amides is 2. The van der Waals surface area contributed by atoms with Crippen molar-refractivity contribution >= 4 is 44.7 Å². The van der Waals surface area contributed by atoms with Crippen molar-refractivity contribution in [3.05, 3.63) is 196 Å². The molecule has 0 aliphatic rings. The zero-order valence-corrected chi connectivity index (χ0v) is 63.4. The minimum Gasteiger partial charge on any atom is -0.326 e. The van der Waals surface area contributed by atoms with Gasteiger partial charge in [-0.1, -0.05) is 310 Å². The highest BCUT2D eigenvalue weighted by Crippen LogP contribution is 2.45. The summed E-state index contributed by atoms with van der Waals surface area (Å²) in [5, 5.41) is 6.19. The second-order valence-corrected chi connectivity index (χ2v) is 32.7. The molecule has 0 aliphatic carbocycles. The van der Waals surface area contributed by atoms with E-state index in [2.05, 4.69) is 73.0 Å². The third kappa shape index (κ3) is 17.7. The lowest BCUT2D eigenvalue weighted by atomic mass is 9.79. The summed E-state index contributed by atoms with van der Waals surface area (Å²) >= 11 is 0. The second kappa shape index (κ2) is 32.6. The van der Waals surface area contributed by atoms with Crippen LogP contribution in [0, 0.1) is 0 Å². The number of unbranched alkanes of at least 4 members (excludes halogenated alkanes) is 18. The number of aromatic nitrogens is 2. The van der Waals surface area contributed by atoms with Crippen molar-refractivity contribution in [1.29, 1.82) is 0 Å². The van der Waals surface area contributed by atoms with Gasteiger partial charge in [0.05, 0.1) is 32.9 Å². The Bertz CT molecular complexity index is 4170. The summed E-state index contributed by atoms with van der Waals surface area (Å²) in [4.78, 5) is 92.4. The number of anilines is 2. The highest BCUT2D eigenvalue weighted by atomic mass is 16.2. The molecule has 0 saturated heterocycles. The molecule has 0 fully saturated rings. The standard InChI is InChI=1S/C90H114N4O6/c1-17-19-21-23-25-27-29-31-33-35-37-61-39-43-63(44-40-61)65-47-51-67(52-48-65)77-79-81(85(99)93(83(79)97)75-57-69(87(5,6)7)73(91-59(3)95)55-71(75)89(11,12)13)78(68-53-49-66(50-54-68)64-45-41-62(42-46-64)38-36-34-32-30-28-26-24-22-20-18-2)82-80(77)84(98)94(86(82)100)76-58-70(88(8,9)10)74(92-60(4)96)56-72(76)90(14,15)16/h39-58H,17-38H2,1-16H3,(H,91,95)(H,92,96). The summed E-state index contributed by atoms with van der Waals surface area (Å²) < 4.78 is 2.50. The van der Waals surface area contributed by atoms with Gasteiger partial charge in [-0.25, -0.2) is 9.13 Å². The van der Waals surface area contributed by atoms with Crippen molar-refractivity contribution in [1.82, 2.24) is 9.13 Å². The first-order valence-electron chi connectivity index (χ1n) is 37.8. The van der Waals surface area contributed by atoms with Crippen molar-refractivity contribution in [2.24, 2.45) is 0 Å². The van der Waals surface area contributed by atoms with Gasteiger partial charge in [0.2, 0.25) is 11.8 Å². The van der Waals surface area contributed by atoms with Crippen LogP contribution in [-0.4, -0.2) is 20.9 Å². The molecule has 0 saturated carbocycles. The normalized spacial score (nSPS) is 12.3. The molecular weight excluding hydrogens is 1230 g/mol. The first kappa shape index (κ1) is 76.0. The summed E-state index contributed by atoms with van der Waals surface area (Å²) in [6.45, 7) is 31.7. The van der Waals surface area contributed by atoms with Gasteiger partial charge in [0.1, 0.15) is 0 Å². The van der Waals surface area contributed by atoms with Gasteiger partial charge in [0.25, 0.3) is 22.2 Å². The fraction of sp³-hybridized carbons (Fsp3) is 0.467. The maximum Gasteiger partial charge on any atom is 0.266 e. The van der Waals surface area contributed by atoms with E-state index in [1.165, 1.54) is 150 Å². The summed E-state index contributed by atoms with van der Waals surface area (Å²) in [5.41, 5.74) is 7.21. The van der Waals surface area contributed by atoms with Crippen LogP contribution in [0.5, 0.6) is 0 Å². The number of nitrogens with one attached hydrogen (secondary N) is 2. The number of hydrogen-bond donors (Lipinski definition) is 2. The van der Waals surface area contributed by atoms with E-state index in [1.807, 2.05) is 156 Å². The van der Waals surface area contributed by atoms with Gasteiger partial charge < -0.3 is 10.6 Å². The van der Waals surface area contributed by atoms with Crippen LogP contribution in [0.1, 0.15) is 273 Å². The van der Waals surface area contributed by atoms with E-state index < -0.39 is 43.9 Å². The molecule has 0 bridgehead atoms. The average Bonchev–Trinajstić information content (AvgIpc) is 1.52. The summed E-state index contributed by atoms with van der Waals surface area (Å²) in [6.07, 6.45) is 27.7. The molecule has 9 rings (SSSR count). The van der Waals surface area contributed by atoms with Crippen molar-refractivity contribution in [2.75, 3.05) is 10.6 Å². The molecule has 10 nitrogen and oxygen atoms in total. The van der Waals surface area contributed by atoms with Crippen LogP contribution in [0.15, 0.2) is 141 Å². The third-order valence-electron chi connectivity index (χ3n) is 20.3. The number of aryl methyl sites for hydroxylation is 2. The number of fused-ring (bicyclic) bond motifs is 2. The van der Waals surface area contributed by atoms with Crippen LogP contribution in [0.2, 0.25) is 0 Å². The molecule has 2 amide bonds. The van der Waals surface area contributed by atoms with E-state index in [0.29, 0.717) is 56.1 Å². The lowest BCUT2D eigenvalue weighted by Crippen LogP contribution is -2.29. The molecule has 9 aromatic rings. The van der Waals surface area contributed by atoms with E-state index in [-0.39, 0.29) is 44.5 Å². The Kier molecular flexibility index (Phi) is 24.8. The number of carbonyl (C=O) groups excluding carboxylic acids is 2. The lowest BCUT2D eigenvalue weighted by Gasteiger charge is -2.29. The monoisotopic (exact) mass is 1350 g/mol. The highest BCUT2D eigenvalue weighted by molar-refractivity contribution is 6.21. The third-order valence-corrected chi connectivity index (χ3v) is 20.3. The fourth-order valence-electron chi connectivity index (χ4n) is 14.8. The molecule has 2 aromatic heterocycles. The number of nitrogens with zero attached hydrogens (tertiary/aromatic N) is 2. The Balaban J connectivity index is 1.27. The predicted octanol–water partition coefficient (Wildman–Crippen LogP) is 22.6. The Morgan fingerprint density at radius 1 is 0.310 bits per heavy atom. The van der Waals surface area contributed by atoms with Crippen LogP contribution in [0.25, 0.3) is 77.4 Å². The minimum atomic E-state index is -0.678. The highest BCUT2D eigenvalue weighted by Gasteiger charge is 2.36. The molecule has 2 heterocycles. The zero-order valence-electron chi connectivity index (χ0n) is 63.4. The summed E-state index contributed by atoms with van der Waals surface area (Å²) in [7, 11) is 0. The van der Waals surface area contributed by atoms with Crippen molar-refractivity contribution in [3.63, 3.8) is 0 Å². The number of benzene rings is 7. The Morgan fingerprint density at radius 3 is 0.780 bits per heavy atom. The number of carbonyl (C=O) groups is 2. The maximum absolute atomic E-state index is 16.6. The summed E-state index contributed by atoms with van der Waals surface area (Å²) in [5.74, 6) is -0.520. The summed E-state index contributed by atoms with van der Waals surface area (Å²) in [6, 6.07) is 40.5. The van der Waals surface area contributed by atoms with Gasteiger partial charge >= 0.3 is 0 Å². The fourth-order valence-corrected chi connectivity index (χ4v) is 14.8. The quantitative estimate of drug-likeness (QED) is 0.0430. The minimum absolute atomic E-state index is 0.0171. The molecule has 2 N–H and O–H groups in total. The number of rotatable bonds is 30. The first-order chi connectivity index (χ1) is 47.4. The molecule has 7 aromatic carbocycles. The van der Waals surface area contributed by atoms with Gasteiger partial charge in [0, 0.05) is 36.3 Å². The first-order valence-corrected chi connectivity index (χ1v) is 37.8. The zero-order chi connectivity index (χ0) is 72.4. The van der Waals surface area contributed by atoms with E-state index in [1.54, 1.807) is 0 Å². The second-order valence-electron chi connectivity index (χ2n) is 32.7. The van der Waals surface area contributed by atoms with E-state index in [4.69, 9.17) is 0 Å². The average molecular weight is 1350 g/mol. The number of hydrogen-bond acceptors (Lipinski definition) is 6. The molecule has 0 aliphatic heterocycles. The van der Waals surface area contributed by atoms with Crippen LogP contribution in [-0.2, 0) is 44.1 Å². The van der Waals surface area contributed by atoms with Crippen molar-refractivity contribution < 1.29 is 9.59 Å². The van der Waals surface area contributed by atoms with Crippen LogP contribution >= 0.6 is 0 Å². The predicted molar refractivity (Wildman–Crippen MR) is 424 cm³/mol. The molecule has 0 spiro atoms. The van der Waals surface area contributed by atoms with Crippen LogP contribution in [0.4, 0.5) is 11.4 Å². The molecule has 100 heavy (non-hydrogen) atoms. The molecule has 0 atom stereocenters. The Morgan fingerprint density at radius 2 is 0.540 bits per heavy atom. The van der Waals surface area contributed by atoms with Gasteiger partial charge in [-0.15, -0.1) is 0 Å². The van der Waals surface area contributed by atoms with E-state index in [0.717, 1.165) is 47.9 Å². The van der Waals surface area contributed by atoms with Gasteiger partial charge in [-0.05, 0) is 138 Å². The lowest BCUT2D eigenvalue weighted by molar-refractivity contribution is -0.115. The molecule has 530 valence electrons. The Hall–Kier alpha value is -8.24. The molecular formula is C90H114N4O6. The van der Waals surface area contributed by atoms with Crippen LogP contribution < -0.4 is 32.9 Å². The van der Waals surface area contributed by atoms with Crippen molar-refractivity contribution in [3.8, 4) is 55.9 Å². The SMILES string of the molecule is CCCCCCCCCCCCc1ccc(-c2ccc(-c3c4c(=O)n(-c5cc(C(C)(C)C)c(NC(C)=O)cc5C(C)(C)C)c(=O)c4c(-c4ccc(-c5ccc(CCCCCCCCCCCC)cc5)cc4)c4c(=O)n(-c5cc(C(C)(C)C)c(NC(C)=O)cc5C(C)(C)C)c(=O)c34)cc2)cc1. The van der Waals surface area contributed by atoms with Crippen molar-refractivity contribution in [2.45, 2.75) is 274 Å². The molecule has 10 heteroatoms. The van der Waals surface area contributed by atoms with Gasteiger partial charge in [-0.2, -0.15) is 0 Å². The van der Waals surface area contributed by atoms with Gasteiger partial charge in [0.15, 0.2) is 0 Å². The topological polar surface area (TPSA) is 136 Å². The van der Waals surface area contributed by atoms with E-state index in [9.17, 15) is 9.59 Å². The molecule has 0 unspecified atom stereocenters. The maximum atomic E-state index is 16.6. The van der Waals surface area contributed by atoms with E-state index >= 15 is 19.2 Å². The van der Waals surface area contributed by atoms with Gasteiger partial charge in [-0.3, -0.25) is 28.8 Å². The smallest absolute Gasteiger partial charge is 0.266 e. The van der Waals surface area contributed by atoms with Crippen LogP contribution in [0.3, 0.4) is 0 Å².